The molecular formula is C19H23NO3. The minimum absolute atomic E-state index is 0.195. The van der Waals surface area contributed by atoms with E-state index in [0.717, 1.165) is 22.6 Å². The third-order valence-corrected chi connectivity index (χ3v) is 3.64. The number of ether oxygens (including phenoxy) is 2. The highest BCUT2D eigenvalue weighted by Gasteiger charge is 2.16. The van der Waals surface area contributed by atoms with Crippen molar-refractivity contribution in [2.75, 3.05) is 11.9 Å². The van der Waals surface area contributed by atoms with Crippen molar-refractivity contribution < 1.29 is 14.3 Å². The number of anilines is 1. The maximum atomic E-state index is 12.3. The van der Waals surface area contributed by atoms with Crippen LogP contribution in [0, 0.1) is 13.8 Å². The summed E-state index contributed by atoms with van der Waals surface area (Å²) in [5, 5.41) is 2.85. The summed E-state index contributed by atoms with van der Waals surface area (Å²) >= 11 is 0. The molecule has 0 fully saturated rings. The number of hydrogen-bond donors (Lipinski definition) is 1. The lowest BCUT2D eigenvalue weighted by Gasteiger charge is -2.17. The molecule has 1 N–H and O–H groups in total. The molecule has 122 valence electrons. The number of aryl methyl sites for hydroxylation is 1. The van der Waals surface area contributed by atoms with Crippen LogP contribution in [0.1, 0.15) is 25.0 Å². The fraction of sp³-hybridized carbons (Fsp3) is 0.316. The zero-order valence-corrected chi connectivity index (χ0v) is 14.1. The zero-order valence-electron chi connectivity index (χ0n) is 14.1. The van der Waals surface area contributed by atoms with Gasteiger partial charge in [-0.2, -0.15) is 0 Å². The highest BCUT2D eigenvalue weighted by molar-refractivity contribution is 5.94. The maximum Gasteiger partial charge on any atom is 0.265 e. The number of carbonyl (C=O) groups is 1. The number of rotatable bonds is 6. The van der Waals surface area contributed by atoms with Gasteiger partial charge in [0, 0.05) is 11.8 Å². The highest BCUT2D eigenvalue weighted by Crippen LogP contribution is 2.22. The van der Waals surface area contributed by atoms with Gasteiger partial charge < -0.3 is 14.8 Å². The van der Waals surface area contributed by atoms with E-state index >= 15 is 0 Å². The largest absolute Gasteiger partial charge is 0.494 e. The first-order valence-electron chi connectivity index (χ1n) is 7.78. The zero-order chi connectivity index (χ0) is 16.8. The lowest BCUT2D eigenvalue weighted by atomic mass is 10.1. The van der Waals surface area contributed by atoms with Crippen LogP contribution in [-0.2, 0) is 4.79 Å². The second-order valence-corrected chi connectivity index (χ2v) is 5.41. The van der Waals surface area contributed by atoms with E-state index in [1.54, 1.807) is 13.0 Å². The van der Waals surface area contributed by atoms with Crippen LogP contribution in [0.2, 0.25) is 0 Å². The Morgan fingerprint density at radius 3 is 2.65 bits per heavy atom. The number of nitrogens with one attached hydrogen (secondary N) is 1. The first kappa shape index (κ1) is 16.9. The summed E-state index contributed by atoms with van der Waals surface area (Å²) < 4.78 is 11.2. The van der Waals surface area contributed by atoms with Crippen molar-refractivity contribution in [2.24, 2.45) is 0 Å². The topological polar surface area (TPSA) is 47.6 Å². The van der Waals surface area contributed by atoms with Crippen molar-refractivity contribution >= 4 is 11.6 Å². The Morgan fingerprint density at radius 1 is 1.17 bits per heavy atom. The first-order valence-corrected chi connectivity index (χ1v) is 7.78. The van der Waals surface area contributed by atoms with E-state index in [0.29, 0.717) is 12.3 Å². The number of carbonyl (C=O) groups excluding carboxylic acids is 1. The van der Waals surface area contributed by atoms with E-state index < -0.39 is 6.10 Å². The van der Waals surface area contributed by atoms with Gasteiger partial charge in [-0.25, -0.2) is 0 Å². The van der Waals surface area contributed by atoms with Crippen molar-refractivity contribution in [3.8, 4) is 11.5 Å². The Balaban J connectivity index is 2.02. The summed E-state index contributed by atoms with van der Waals surface area (Å²) in [6.07, 6.45) is -0.591. The number of amides is 1. The van der Waals surface area contributed by atoms with Gasteiger partial charge >= 0.3 is 0 Å². The van der Waals surface area contributed by atoms with Crippen LogP contribution >= 0.6 is 0 Å². The van der Waals surface area contributed by atoms with Crippen LogP contribution < -0.4 is 14.8 Å². The molecule has 1 atom stereocenters. The third kappa shape index (κ3) is 4.49. The molecule has 2 aromatic rings. The van der Waals surface area contributed by atoms with Crippen LogP contribution in [0.5, 0.6) is 11.5 Å². The maximum absolute atomic E-state index is 12.3. The van der Waals surface area contributed by atoms with Gasteiger partial charge in [-0.3, -0.25) is 4.79 Å². The van der Waals surface area contributed by atoms with Crippen LogP contribution in [0.15, 0.2) is 42.5 Å². The molecule has 0 saturated carbocycles. The Kier molecular flexibility index (Phi) is 5.63. The van der Waals surface area contributed by atoms with E-state index in [-0.39, 0.29) is 5.91 Å². The van der Waals surface area contributed by atoms with Gasteiger partial charge in [-0.05, 0) is 57.0 Å². The van der Waals surface area contributed by atoms with Crippen LogP contribution in [0.4, 0.5) is 5.69 Å². The Hall–Kier alpha value is -2.49. The van der Waals surface area contributed by atoms with Gasteiger partial charge in [0.2, 0.25) is 0 Å². The monoisotopic (exact) mass is 313 g/mol. The number of hydrogen-bond acceptors (Lipinski definition) is 3. The van der Waals surface area contributed by atoms with Gasteiger partial charge in [0.05, 0.1) is 6.61 Å². The standard InChI is InChI=1S/C19H23NO3/c1-5-22-17-10-7-9-16(12-17)20-19(21)15(4)23-18-11-6-8-13(2)14(18)3/h6-12,15H,5H2,1-4H3,(H,20,21)/t15-/m0/s1. The van der Waals surface area contributed by atoms with E-state index in [9.17, 15) is 4.79 Å². The Morgan fingerprint density at radius 2 is 1.91 bits per heavy atom. The molecule has 4 heteroatoms. The minimum Gasteiger partial charge on any atom is -0.494 e. The number of benzene rings is 2. The summed E-state index contributed by atoms with van der Waals surface area (Å²) in [5.74, 6) is 1.27. The molecule has 4 nitrogen and oxygen atoms in total. The van der Waals surface area contributed by atoms with Crippen molar-refractivity contribution in [2.45, 2.75) is 33.8 Å². The van der Waals surface area contributed by atoms with Gasteiger partial charge in [-0.1, -0.05) is 18.2 Å². The molecule has 2 aromatic carbocycles. The molecule has 0 aliphatic heterocycles. The van der Waals surface area contributed by atoms with Crippen molar-refractivity contribution in [1.82, 2.24) is 0 Å². The molecule has 2 rings (SSSR count). The van der Waals surface area contributed by atoms with Crippen molar-refractivity contribution in [3.63, 3.8) is 0 Å². The normalized spacial score (nSPS) is 11.7. The van der Waals surface area contributed by atoms with E-state index in [1.165, 1.54) is 0 Å². The molecule has 0 radical (unpaired) electrons. The smallest absolute Gasteiger partial charge is 0.265 e. The SMILES string of the molecule is CCOc1cccc(NC(=O)[C@H](C)Oc2cccc(C)c2C)c1. The second kappa shape index (κ2) is 7.68. The minimum atomic E-state index is -0.591. The molecule has 0 saturated heterocycles. The summed E-state index contributed by atoms with van der Waals surface area (Å²) in [7, 11) is 0. The van der Waals surface area contributed by atoms with Crippen LogP contribution in [0.25, 0.3) is 0 Å². The van der Waals surface area contributed by atoms with Crippen LogP contribution in [0.3, 0.4) is 0 Å². The summed E-state index contributed by atoms with van der Waals surface area (Å²) in [4.78, 5) is 12.3. The quantitative estimate of drug-likeness (QED) is 0.873. The van der Waals surface area contributed by atoms with Crippen LogP contribution in [-0.4, -0.2) is 18.6 Å². The molecule has 0 spiro atoms. The fourth-order valence-electron chi connectivity index (χ4n) is 2.17. The van der Waals surface area contributed by atoms with Crippen molar-refractivity contribution in [3.05, 3.63) is 53.6 Å². The summed E-state index contributed by atoms with van der Waals surface area (Å²) in [6.45, 7) is 8.26. The lowest BCUT2D eigenvalue weighted by molar-refractivity contribution is -0.122. The predicted molar refractivity (Wildman–Crippen MR) is 92.2 cm³/mol. The molecule has 23 heavy (non-hydrogen) atoms. The summed E-state index contributed by atoms with van der Waals surface area (Å²) in [6, 6.07) is 13.1. The average Bonchev–Trinajstić information content (AvgIpc) is 2.52. The predicted octanol–water partition coefficient (Wildman–Crippen LogP) is 4.11. The first-order chi connectivity index (χ1) is 11.0. The fourth-order valence-corrected chi connectivity index (χ4v) is 2.17. The molecule has 0 aromatic heterocycles. The molecule has 0 heterocycles. The van der Waals surface area contributed by atoms with Gasteiger partial charge in [0.25, 0.3) is 5.91 Å². The van der Waals surface area contributed by atoms with E-state index in [2.05, 4.69) is 5.32 Å². The molecule has 0 aliphatic carbocycles. The van der Waals surface area contributed by atoms with Gasteiger partial charge in [0.1, 0.15) is 11.5 Å². The molecular weight excluding hydrogens is 290 g/mol. The Labute approximate surface area is 137 Å². The van der Waals surface area contributed by atoms with Gasteiger partial charge in [0.15, 0.2) is 6.10 Å². The highest BCUT2D eigenvalue weighted by atomic mass is 16.5. The second-order valence-electron chi connectivity index (χ2n) is 5.41. The van der Waals surface area contributed by atoms with E-state index in [4.69, 9.17) is 9.47 Å². The molecule has 0 unspecified atom stereocenters. The molecule has 0 bridgehead atoms. The van der Waals surface area contributed by atoms with Gasteiger partial charge in [-0.15, -0.1) is 0 Å². The molecule has 0 aliphatic rings. The van der Waals surface area contributed by atoms with E-state index in [1.807, 2.05) is 57.2 Å². The Bertz CT molecular complexity index is 682. The lowest BCUT2D eigenvalue weighted by Crippen LogP contribution is -2.30. The average molecular weight is 313 g/mol. The van der Waals surface area contributed by atoms with Crippen molar-refractivity contribution in [1.29, 1.82) is 0 Å². The summed E-state index contributed by atoms with van der Waals surface area (Å²) in [5.41, 5.74) is 2.88. The molecule has 1 amide bonds. The third-order valence-electron chi connectivity index (χ3n) is 3.64.